The average molecular weight is 213 g/mol. The maximum Gasteiger partial charge on any atom is 0.242 e. The molecular formula is C10H19N3O2. The molecule has 2 amide bonds. The van der Waals surface area contributed by atoms with Crippen molar-refractivity contribution >= 4 is 11.8 Å². The Morgan fingerprint density at radius 1 is 1.73 bits per heavy atom. The molecule has 1 heterocycles. The number of amides is 2. The Labute approximate surface area is 89.8 Å². The third-order valence-electron chi connectivity index (χ3n) is 2.75. The van der Waals surface area contributed by atoms with Gasteiger partial charge in [0.15, 0.2) is 0 Å². The van der Waals surface area contributed by atoms with E-state index in [9.17, 15) is 9.59 Å². The summed E-state index contributed by atoms with van der Waals surface area (Å²) >= 11 is 0. The molecule has 2 unspecified atom stereocenters. The van der Waals surface area contributed by atoms with Gasteiger partial charge in [0.2, 0.25) is 11.8 Å². The van der Waals surface area contributed by atoms with E-state index in [-0.39, 0.29) is 23.8 Å². The van der Waals surface area contributed by atoms with E-state index in [4.69, 9.17) is 5.73 Å². The lowest BCUT2D eigenvalue weighted by Crippen LogP contribution is -2.52. The van der Waals surface area contributed by atoms with Gasteiger partial charge in [-0.05, 0) is 19.3 Å². The fraction of sp³-hybridized carbons (Fsp3) is 0.800. The van der Waals surface area contributed by atoms with Crippen LogP contribution in [0.4, 0.5) is 0 Å². The Balaban J connectivity index is 2.45. The zero-order valence-electron chi connectivity index (χ0n) is 9.08. The van der Waals surface area contributed by atoms with E-state index < -0.39 is 0 Å². The van der Waals surface area contributed by atoms with Gasteiger partial charge in [-0.25, -0.2) is 0 Å². The third kappa shape index (κ3) is 3.20. The summed E-state index contributed by atoms with van der Waals surface area (Å²) in [5.41, 5.74) is 5.46. The van der Waals surface area contributed by atoms with Gasteiger partial charge < -0.3 is 16.4 Å². The van der Waals surface area contributed by atoms with Crippen LogP contribution in [-0.4, -0.2) is 30.9 Å². The van der Waals surface area contributed by atoms with Crippen LogP contribution in [-0.2, 0) is 9.59 Å². The number of nitrogens with two attached hydrogens (primary N) is 1. The predicted octanol–water partition coefficient (Wildman–Crippen LogP) is -0.634. The Morgan fingerprint density at radius 2 is 2.47 bits per heavy atom. The summed E-state index contributed by atoms with van der Waals surface area (Å²) in [4.78, 5) is 23.0. The Hall–Kier alpha value is -1.10. The van der Waals surface area contributed by atoms with Crippen molar-refractivity contribution in [2.75, 3.05) is 13.1 Å². The standard InChI is InChI=1S/C10H19N3O2/c1-2-7(6-11)9(14)13-8-4-3-5-12-10(8)15/h7-8H,2-6,11H2,1H3,(H,12,15)(H,13,14). The highest BCUT2D eigenvalue weighted by Crippen LogP contribution is 2.06. The molecule has 5 nitrogen and oxygen atoms in total. The van der Waals surface area contributed by atoms with Crippen LogP contribution in [0.15, 0.2) is 0 Å². The van der Waals surface area contributed by atoms with E-state index >= 15 is 0 Å². The summed E-state index contributed by atoms with van der Waals surface area (Å²) in [6, 6.07) is -0.369. The van der Waals surface area contributed by atoms with Crippen LogP contribution in [0.25, 0.3) is 0 Å². The maximum atomic E-state index is 11.6. The van der Waals surface area contributed by atoms with Crippen LogP contribution in [0.5, 0.6) is 0 Å². The first-order valence-corrected chi connectivity index (χ1v) is 5.47. The molecule has 0 aliphatic carbocycles. The minimum Gasteiger partial charge on any atom is -0.354 e. The molecule has 0 saturated carbocycles. The zero-order valence-corrected chi connectivity index (χ0v) is 9.08. The first kappa shape index (κ1) is 12.0. The molecule has 2 atom stereocenters. The van der Waals surface area contributed by atoms with Crippen LogP contribution >= 0.6 is 0 Å². The largest absolute Gasteiger partial charge is 0.354 e. The molecule has 0 bridgehead atoms. The van der Waals surface area contributed by atoms with Gasteiger partial charge in [-0.1, -0.05) is 6.92 Å². The van der Waals surface area contributed by atoms with Crippen molar-refractivity contribution in [2.45, 2.75) is 32.2 Å². The SMILES string of the molecule is CCC(CN)C(=O)NC1CCCNC1=O. The number of carbonyl (C=O) groups is 2. The first-order chi connectivity index (χ1) is 7.19. The number of piperidine rings is 1. The molecule has 1 saturated heterocycles. The smallest absolute Gasteiger partial charge is 0.242 e. The van der Waals surface area contributed by atoms with Gasteiger partial charge in [0, 0.05) is 19.0 Å². The Morgan fingerprint density at radius 3 is 3.00 bits per heavy atom. The summed E-state index contributed by atoms with van der Waals surface area (Å²) in [6.45, 7) is 2.95. The highest BCUT2D eigenvalue weighted by molar-refractivity contribution is 5.88. The second-order valence-electron chi connectivity index (χ2n) is 3.84. The number of nitrogens with one attached hydrogen (secondary N) is 2. The van der Waals surface area contributed by atoms with E-state index in [0.29, 0.717) is 19.5 Å². The summed E-state index contributed by atoms with van der Waals surface area (Å²) in [6.07, 6.45) is 2.34. The maximum absolute atomic E-state index is 11.6. The second kappa shape index (κ2) is 5.70. The van der Waals surface area contributed by atoms with Gasteiger partial charge in [0.05, 0.1) is 0 Å². The predicted molar refractivity (Wildman–Crippen MR) is 57.0 cm³/mol. The lowest BCUT2D eigenvalue weighted by atomic mass is 10.0. The molecule has 4 N–H and O–H groups in total. The van der Waals surface area contributed by atoms with Crippen LogP contribution in [0, 0.1) is 5.92 Å². The quantitative estimate of drug-likeness (QED) is 0.581. The molecule has 86 valence electrons. The Kier molecular flexibility index (Phi) is 4.55. The van der Waals surface area contributed by atoms with Gasteiger partial charge in [0.1, 0.15) is 6.04 Å². The van der Waals surface area contributed by atoms with E-state index in [1.54, 1.807) is 0 Å². The molecule has 15 heavy (non-hydrogen) atoms. The molecule has 0 aromatic rings. The highest BCUT2D eigenvalue weighted by atomic mass is 16.2. The van der Waals surface area contributed by atoms with Gasteiger partial charge in [-0.3, -0.25) is 9.59 Å². The summed E-state index contributed by atoms with van der Waals surface area (Å²) in [5, 5.41) is 5.47. The van der Waals surface area contributed by atoms with E-state index in [1.165, 1.54) is 0 Å². The lowest BCUT2D eigenvalue weighted by Gasteiger charge is -2.24. The van der Waals surface area contributed by atoms with Crippen molar-refractivity contribution in [1.82, 2.24) is 10.6 Å². The van der Waals surface area contributed by atoms with Gasteiger partial charge in [-0.2, -0.15) is 0 Å². The highest BCUT2D eigenvalue weighted by Gasteiger charge is 2.25. The molecule has 0 aromatic carbocycles. The summed E-state index contributed by atoms with van der Waals surface area (Å²) < 4.78 is 0. The van der Waals surface area contributed by atoms with Crippen molar-refractivity contribution < 1.29 is 9.59 Å². The summed E-state index contributed by atoms with van der Waals surface area (Å²) in [7, 11) is 0. The molecule has 1 rings (SSSR count). The fourth-order valence-corrected chi connectivity index (χ4v) is 1.66. The fourth-order valence-electron chi connectivity index (χ4n) is 1.66. The van der Waals surface area contributed by atoms with Gasteiger partial charge in [-0.15, -0.1) is 0 Å². The lowest BCUT2D eigenvalue weighted by molar-refractivity contribution is -0.132. The van der Waals surface area contributed by atoms with Crippen molar-refractivity contribution in [3.8, 4) is 0 Å². The normalized spacial score (nSPS) is 23.1. The van der Waals surface area contributed by atoms with Gasteiger partial charge in [0.25, 0.3) is 0 Å². The third-order valence-corrected chi connectivity index (χ3v) is 2.75. The molecular weight excluding hydrogens is 194 g/mol. The minimum absolute atomic E-state index is 0.0820. The topological polar surface area (TPSA) is 84.2 Å². The molecule has 1 aliphatic heterocycles. The molecule has 1 aliphatic rings. The van der Waals surface area contributed by atoms with Crippen LogP contribution in [0.1, 0.15) is 26.2 Å². The van der Waals surface area contributed by atoms with Crippen LogP contribution in [0.2, 0.25) is 0 Å². The average Bonchev–Trinajstić information content (AvgIpc) is 2.23. The van der Waals surface area contributed by atoms with Crippen LogP contribution in [0.3, 0.4) is 0 Å². The van der Waals surface area contributed by atoms with Crippen molar-refractivity contribution in [3.05, 3.63) is 0 Å². The molecule has 0 spiro atoms. The number of hydrogen-bond acceptors (Lipinski definition) is 3. The summed E-state index contributed by atoms with van der Waals surface area (Å²) in [5.74, 6) is -0.372. The van der Waals surface area contributed by atoms with E-state index in [2.05, 4.69) is 10.6 Å². The monoisotopic (exact) mass is 213 g/mol. The molecule has 0 radical (unpaired) electrons. The number of hydrogen-bond donors (Lipinski definition) is 3. The van der Waals surface area contributed by atoms with Crippen LogP contribution < -0.4 is 16.4 Å². The Bertz CT molecular complexity index is 239. The number of carbonyl (C=O) groups excluding carboxylic acids is 2. The van der Waals surface area contributed by atoms with E-state index in [1.807, 2.05) is 6.92 Å². The zero-order chi connectivity index (χ0) is 11.3. The van der Waals surface area contributed by atoms with E-state index in [0.717, 1.165) is 12.8 Å². The second-order valence-corrected chi connectivity index (χ2v) is 3.84. The molecule has 1 fully saturated rings. The number of rotatable bonds is 4. The molecule has 5 heteroatoms. The van der Waals surface area contributed by atoms with Crippen molar-refractivity contribution in [2.24, 2.45) is 11.7 Å². The molecule has 0 aromatic heterocycles. The first-order valence-electron chi connectivity index (χ1n) is 5.47. The van der Waals surface area contributed by atoms with Crippen molar-refractivity contribution in [1.29, 1.82) is 0 Å². The van der Waals surface area contributed by atoms with Crippen molar-refractivity contribution in [3.63, 3.8) is 0 Å². The minimum atomic E-state index is -0.369. The van der Waals surface area contributed by atoms with Gasteiger partial charge >= 0.3 is 0 Å².